The Bertz CT molecular complexity index is 797. The van der Waals surface area contributed by atoms with Gasteiger partial charge in [-0.05, 0) is 43.8 Å². The van der Waals surface area contributed by atoms with Crippen LogP contribution in [0.3, 0.4) is 0 Å². The highest BCUT2D eigenvalue weighted by Crippen LogP contribution is 2.39. The van der Waals surface area contributed by atoms with E-state index in [4.69, 9.17) is 17.0 Å². The predicted octanol–water partition coefficient (Wildman–Crippen LogP) is 2.60. The predicted molar refractivity (Wildman–Crippen MR) is 104 cm³/mol. The van der Waals surface area contributed by atoms with Gasteiger partial charge in [-0.1, -0.05) is 36.4 Å². The Morgan fingerprint density at radius 2 is 1.92 bits per heavy atom. The normalized spacial score (nSPS) is 21.7. The molecule has 26 heavy (non-hydrogen) atoms. The van der Waals surface area contributed by atoms with E-state index >= 15 is 0 Å². The molecule has 0 spiro atoms. The van der Waals surface area contributed by atoms with Gasteiger partial charge in [-0.15, -0.1) is 0 Å². The van der Waals surface area contributed by atoms with Crippen LogP contribution in [-0.2, 0) is 5.54 Å². The number of thiocarbonyl (C=S) groups is 1. The van der Waals surface area contributed by atoms with E-state index in [9.17, 15) is 9.90 Å². The Labute approximate surface area is 158 Å². The number of ether oxygens (including phenoxy) is 1. The number of aliphatic hydroxyl groups is 1. The van der Waals surface area contributed by atoms with Crippen molar-refractivity contribution in [3.63, 3.8) is 0 Å². The van der Waals surface area contributed by atoms with Gasteiger partial charge in [0.1, 0.15) is 5.75 Å². The standard InChI is InChI=1S/C20H22N2O3S/c1-20(22-19(26)21-18(24)14-7-3-2-4-8-14)15(13-23)11-12-25-17-10-6-5-9-16(17)20/h2-10,15,23H,11-13H2,1H3,(H2,21,22,24,26)/t15-,20+/m0/s1. The highest BCUT2D eigenvalue weighted by Gasteiger charge is 2.40. The van der Waals surface area contributed by atoms with Crippen molar-refractivity contribution in [1.82, 2.24) is 10.6 Å². The first-order valence-electron chi connectivity index (χ1n) is 8.56. The van der Waals surface area contributed by atoms with Gasteiger partial charge in [0.25, 0.3) is 5.91 Å². The minimum absolute atomic E-state index is 0.0174. The van der Waals surface area contributed by atoms with Gasteiger partial charge in [-0.3, -0.25) is 10.1 Å². The molecule has 1 aliphatic heterocycles. The molecule has 2 aromatic carbocycles. The molecule has 1 heterocycles. The minimum atomic E-state index is -0.664. The summed E-state index contributed by atoms with van der Waals surface area (Å²) in [7, 11) is 0. The summed E-state index contributed by atoms with van der Waals surface area (Å²) in [4.78, 5) is 12.4. The number of benzene rings is 2. The molecule has 0 fully saturated rings. The van der Waals surface area contributed by atoms with E-state index in [1.54, 1.807) is 24.3 Å². The van der Waals surface area contributed by atoms with Crippen molar-refractivity contribution in [2.45, 2.75) is 18.9 Å². The summed E-state index contributed by atoms with van der Waals surface area (Å²) in [6.45, 7) is 2.47. The van der Waals surface area contributed by atoms with Crippen LogP contribution in [0.2, 0.25) is 0 Å². The highest BCUT2D eigenvalue weighted by molar-refractivity contribution is 7.80. The van der Waals surface area contributed by atoms with E-state index in [2.05, 4.69) is 10.6 Å². The molecule has 0 saturated carbocycles. The quantitative estimate of drug-likeness (QED) is 0.725. The molecular weight excluding hydrogens is 348 g/mol. The summed E-state index contributed by atoms with van der Waals surface area (Å²) in [5.74, 6) is 0.374. The molecule has 0 radical (unpaired) electrons. The SMILES string of the molecule is C[C@]1(NC(=S)NC(=O)c2ccccc2)c2ccccc2OCC[C@H]1CO. The van der Waals surface area contributed by atoms with Gasteiger partial charge in [-0.2, -0.15) is 0 Å². The first kappa shape index (κ1) is 18.4. The number of hydrogen-bond donors (Lipinski definition) is 3. The maximum atomic E-state index is 12.4. The Kier molecular flexibility index (Phi) is 5.54. The summed E-state index contributed by atoms with van der Waals surface area (Å²) in [6, 6.07) is 16.6. The fourth-order valence-electron chi connectivity index (χ4n) is 3.32. The van der Waals surface area contributed by atoms with Gasteiger partial charge in [-0.25, -0.2) is 0 Å². The first-order valence-corrected chi connectivity index (χ1v) is 8.97. The number of aliphatic hydroxyl groups excluding tert-OH is 1. The number of para-hydroxylation sites is 1. The zero-order valence-electron chi connectivity index (χ0n) is 14.6. The topological polar surface area (TPSA) is 70.6 Å². The molecule has 136 valence electrons. The number of fused-ring (bicyclic) bond motifs is 1. The lowest BCUT2D eigenvalue weighted by Gasteiger charge is -2.37. The molecule has 0 unspecified atom stereocenters. The second-order valence-electron chi connectivity index (χ2n) is 6.49. The highest BCUT2D eigenvalue weighted by atomic mass is 32.1. The maximum Gasteiger partial charge on any atom is 0.257 e. The smallest absolute Gasteiger partial charge is 0.257 e. The van der Waals surface area contributed by atoms with Crippen molar-refractivity contribution in [2.75, 3.05) is 13.2 Å². The Hall–Kier alpha value is -2.44. The van der Waals surface area contributed by atoms with Gasteiger partial charge < -0.3 is 15.2 Å². The number of carbonyl (C=O) groups excluding carboxylic acids is 1. The van der Waals surface area contributed by atoms with Crippen LogP contribution in [0.5, 0.6) is 5.75 Å². The summed E-state index contributed by atoms with van der Waals surface area (Å²) < 4.78 is 5.83. The molecule has 2 aromatic rings. The number of carbonyl (C=O) groups is 1. The molecule has 6 heteroatoms. The zero-order chi connectivity index (χ0) is 18.6. The fourth-order valence-corrected chi connectivity index (χ4v) is 3.62. The third-order valence-corrected chi connectivity index (χ3v) is 5.05. The van der Waals surface area contributed by atoms with Crippen LogP contribution >= 0.6 is 12.2 Å². The van der Waals surface area contributed by atoms with E-state index in [0.29, 0.717) is 18.6 Å². The average Bonchev–Trinajstić information content (AvgIpc) is 2.79. The molecule has 3 N–H and O–H groups in total. The molecule has 3 rings (SSSR count). The van der Waals surface area contributed by atoms with Crippen molar-refractivity contribution >= 4 is 23.2 Å². The first-order chi connectivity index (χ1) is 12.5. The van der Waals surface area contributed by atoms with Gasteiger partial charge in [0.2, 0.25) is 0 Å². The van der Waals surface area contributed by atoms with E-state index in [1.165, 1.54) is 0 Å². The Balaban J connectivity index is 1.83. The zero-order valence-corrected chi connectivity index (χ0v) is 15.4. The number of rotatable bonds is 3. The minimum Gasteiger partial charge on any atom is -0.493 e. The van der Waals surface area contributed by atoms with Crippen molar-refractivity contribution in [1.29, 1.82) is 0 Å². The van der Waals surface area contributed by atoms with Crippen LogP contribution in [0.15, 0.2) is 54.6 Å². The van der Waals surface area contributed by atoms with Crippen LogP contribution in [0.25, 0.3) is 0 Å². The molecule has 0 aromatic heterocycles. The Morgan fingerprint density at radius 1 is 1.23 bits per heavy atom. The number of nitrogens with one attached hydrogen (secondary N) is 2. The third-order valence-electron chi connectivity index (χ3n) is 4.84. The van der Waals surface area contributed by atoms with Crippen LogP contribution in [-0.4, -0.2) is 29.3 Å². The molecule has 2 atom stereocenters. The van der Waals surface area contributed by atoms with Crippen LogP contribution < -0.4 is 15.4 Å². The van der Waals surface area contributed by atoms with Gasteiger partial charge in [0.05, 0.1) is 12.1 Å². The molecule has 0 bridgehead atoms. The lowest BCUT2D eigenvalue weighted by atomic mass is 9.78. The van der Waals surface area contributed by atoms with Crippen LogP contribution in [0.1, 0.15) is 29.3 Å². The lowest BCUT2D eigenvalue weighted by molar-refractivity contribution is 0.0973. The maximum absolute atomic E-state index is 12.4. The number of hydrogen-bond acceptors (Lipinski definition) is 4. The fraction of sp³-hybridized carbons (Fsp3) is 0.300. The van der Waals surface area contributed by atoms with Gasteiger partial charge in [0.15, 0.2) is 5.11 Å². The van der Waals surface area contributed by atoms with E-state index in [-0.39, 0.29) is 23.5 Å². The number of amides is 1. The molecule has 0 saturated heterocycles. The van der Waals surface area contributed by atoms with Crippen LogP contribution in [0.4, 0.5) is 0 Å². The van der Waals surface area contributed by atoms with Crippen molar-refractivity contribution in [2.24, 2.45) is 5.92 Å². The summed E-state index contributed by atoms with van der Waals surface area (Å²) >= 11 is 5.39. The molecule has 0 aliphatic carbocycles. The molecule has 5 nitrogen and oxygen atoms in total. The van der Waals surface area contributed by atoms with E-state index in [0.717, 1.165) is 11.3 Å². The van der Waals surface area contributed by atoms with Crippen LogP contribution in [0, 0.1) is 5.92 Å². The molecular formula is C20H22N2O3S. The second kappa shape index (κ2) is 7.85. The van der Waals surface area contributed by atoms with Gasteiger partial charge >= 0.3 is 0 Å². The Morgan fingerprint density at radius 3 is 2.65 bits per heavy atom. The average molecular weight is 370 g/mol. The second-order valence-corrected chi connectivity index (χ2v) is 6.90. The summed E-state index contributed by atoms with van der Waals surface area (Å²) in [5.41, 5.74) is 0.779. The third kappa shape index (κ3) is 3.71. The summed E-state index contributed by atoms with van der Waals surface area (Å²) in [6.07, 6.45) is 0.671. The monoisotopic (exact) mass is 370 g/mol. The van der Waals surface area contributed by atoms with Crippen molar-refractivity contribution < 1.29 is 14.6 Å². The van der Waals surface area contributed by atoms with Crippen molar-refractivity contribution in [3.05, 3.63) is 65.7 Å². The largest absolute Gasteiger partial charge is 0.493 e. The molecule has 1 amide bonds. The lowest BCUT2D eigenvalue weighted by Crippen LogP contribution is -2.54. The van der Waals surface area contributed by atoms with E-state index < -0.39 is 5.54 Å². The molecule has 1 aliphatic rings. The van der Waals surface area contributed by atoms with Gasteiger partial charge in [0, 0.05) is 23.7 Å². The van der Waals surface area contributed by atoms with E-state index in [1.807, 2.05) is 37.3 Å². The van der Waals surface area contributed by atoms with Crippen molar-refractivity contribution in [3.8, 4) is 5.75 Å². The summed E-state index contributed by atoms with van der Waals surface area (Å²) in [5, 5.41) is 16.1.